The van der Waals surface area contributed by atoms with Gasteiger partial charge in [0.1, 0.15) is 5.75 Å². The normalized spacial score (nSPS) is 17.1. The Morgan fingerprint density at radius 1 is 1.20 bits per heavy atom. The van der Waals surface area contributed by atoms with E-state index < -0.39 is 6.61 Å². The average Bonchev–Trinajstić information content (AvgIpc) is 2.55. The zero-order valence-electron chi connectivity index (χ0n) is 13.8. The van der Waals surface area contributed by atoms with Crippen LogP contribution in [-0.4, -0.2) is 17.3 Å². The van der Waals surface area contributed by atoms with Gasteiger partial charge in [-0.05, 0) is 32.0 Å². The largest absolute Gasteiger partial charge is 0.435 e. The van der Waals surface area contributed by atoms with Gasteiger partial charge in [-0.1, -0.05) is 42.1 Å². The van der Waals surface area contributed by atoms with Gasteiger partial charge in [-0.3, -0.25) is 4.79 Å². The zero-order valence-corrected chi connectivity index (χ0v) is 14.6. The van der Waals surface area contributed by atoms with Gasteiger partial charge in [-0.15, -0.1) is 0 Å². The van der Waals surface area contributed by atoms with Crippen molar-refractivity contribution in [2.45, 2.75) is 30.2 Å². The lowest BCUT2D eigenvalue weighted by molar-refractivity contribution is -0.0498. The van der Waals surface area contributed by atoms with Gasteiger partial charge in [0.25, 0.3) is 0 Å². The van der Waals surface area contributed by atoms with Crippen molar-refractivity contribution in [3.8, 4) is 5.75 Å². The number of rotatable bonds is 4. The zero-order chi connectivity index (χ0) is 18.0. The molecule has 0 saturated carbocycles. The molecular formula is C19H17F2NO2S. The lowest BCUT2D eigenvalue weighted by atomic mass is 10.1. The summed E-state index contributed by atoms with van der Waals surface area (Å²) in [5.74, 6) is -0.0918. The molecule has 0 atom stereocenters. The molecule has 0 radical (unpaired) electrons. The number of hydrogen-bond donors (Lipinski definition) is 1. The van der Waals surface area contributed by atoms with Crippen molar-refractivity contribution in [1.82, 2.24) is 5.32 Å². The van der Waals surface area contributed by atoms with Gasteiger partial charge in [0.15, 0.2) is 5.78 Å². The van der Waals surface area contributed by atoms with E-state index in [0.29, 0.717) is 16.8 Å². The van der Waals surface area contributed by atoms with Crippen LogP contribution in [0.4, 0.5) is 8.78 Å². The van der Waals surface area contributed by atoms with E-state index in [1.54, 1.807) is 42.1 Å². The molecule has 6 heteroatoms. The second kappa shape index (κ2) is 6.88. The molecular weight excluding hydrogens is 344 g/mol. The molecule has 130 valence electrons. The molecule has 0 bridgehead atoms. The van der Waals surface area contributed by atoms with E-state index in [1.807, 2.05) is 19.9 Å². The Kier molecular flexibility index (Phi) is 4.81. The first-order valence-corrected chi connectivity index (χ1v) is 8.53. The molecule has 0 amide bonds. The van der Waals surface area contributed by atoms with Gasteiger partial charge in [0.2, 0.25) is 0 Å². The Hall–Kier alpha value is -2.34. The van der Waals surface area contributed by atoms with Crippen molar-refractivity contribution in [2.24, 2.45) is 0 Å². The van der Waals surface area contributed by atoms with E-state index in [0.717, 1.165) is 4.90 Å². The van der Waals surface area contributed by atoms with Crippen molar-refractivity contribution in [1.29, 1.82) is 0 Å². The van der Waals surface area contributed by atoms with Crippen LogP contribution in [0.25, 0.3) is 5.70 Å². The van der Waals surface area contributed by atoms with Gasteiger partial charge in [0.05, 0.1) is 4.87 Å². The summed E-state index contributed by atoms with van der Waals surface area (Å²) in [6.45, 7) is 1.09. The highest BCUT2D eigenvalue weighted by atomic mass is 32.2. The van der Waals surface area contributed by atoms with Gasteiger partial charge < -0.3 is 10.1 Å². The number of allylic oxidation sites excluding steroid dienone is 1. The van der Waals surface area contributed by atoms with Gasteiger partial charge in [-0.25, -0.2) is 0 Å². The van der Waals surface area contributed by atoms with Crippen molar-refractivity contribution in [2.75, 3.05) is 0 Å². The van der Waals surface area contributed by atoms with Crippen molar-refractivity contribution in [3.63, 3.8) is 0 Å². The number of hydrogen-bond acceptors (Lipinski definition) is 4. The van der Waals surface area contributed by atoms with Gasteiger partial charge >= 0.3 is 6.61 Å². The molecule has 0 unspecified atom stereocenters. The fraction of sp³-hybridized carbons (Fsp3) is 0.211. The standard InChI is InChI=1S/C19H17F2NO2S/c1-19(2)22-15(11-16(23)12-6-4-3-5-7-12)14-10-13(24-18(20)21)8-9-17(14)25-19/h3-11,18,22H,1-2H3/b15-11-. The molecule has 0 aromatic heterocycles. The second-order valence-electron chi connectivity index (χ2n) is 6.06. The van der Waals surface area contributed by atoms with Crippen LogP contribution in [0.1, 0.15) is 29.8 Å². The van der Waals surface area contributed by atoms with Crippen LogP contribution in [0, 0.1) is 0 Å². The molecule has 25 heavy (non-hydrogen) atoms. The van der Waals surface area contributed by atoms with E-state index in [2.05, 4.69) is 10.1 Å². The summed E-state index contributed by atoms with van der Waals surface area (Å²) < 4.78 is 29.5. The van der Waals surface area contributed by atoms with Crippen LogP contribution >= 0.6 is 11.8 Å². The van der Waals surface area contributed by atoms with Crippen LogP contribution in [0.3, 0.4) is 0 Å². The fourth-order valence-corrected chi connectivity index (χ4v) is 3.73. The van der Waals surface area contributed by atoms with Crippen LogP contribution < -0.4 is 10.1 Å². The highest BCUT2D eigenvalue weighted by Gasteiger charge is 2.29. The molecule has 3 nitrogen and oxygen atoms in total. The third-order valence-electron chi connectivity index (χ3n) is 3.60. The van der Waals surface area contributed by atoms with Crippen molar-refractivity contribution < 1.29 is 18.3 Å². The summed E-state index contributed by atoms with van der Waals surface area (Å²) in [6, 6.07) is 13.7. The highest BCUT2D eigenvalue weighted by Crippen LogP contribution is 2.42. The predicted octanol–water partition coefficient (Wildman–Crippen LogP) is 4.94. The second-order valence-corrected chi connectivity index (χ2v) is 7.73. The molecule has 0 spiro atoms. The molecule has 3 rings (SSSR count). The van der Waals surface area contributed by atoms with Gasteiger partial charge in [-0.2, -0.15) is 8.78 Å². The molecule has 1 N–H and O–H groups in total. The number of halogens is 2. The number of benzene rings is 2. The lowest BCUT2D eigenvalue weighted by Gasteiger charge is -2.35. The Morgan fingerprint density at radius 2 is 1.92 bits per heavy atom. The quantitative estimate of drug-likeness (QED) is 0.618. The third-order valence-corrected chi connectivity index (χ3v) is 4.79. The minimum Gasteiger partial charge on any atom is -0.435 e. The number of ketones is 1. The number of thioether (sulfide) groups is 1. The van der Waals surface area contributed by atoms with Crippen LogP contribution in [-0.2, 0) is 0 Å². The van der Waals surface area contributed by atoms with Crippen LogP contribution in [0.2, 0.25) is 0 Å². The van der Waals surface area contributed by atoms with E-state index >= 15 is 0 Å². The molecule has 2 aromatic carbocycles. The SMILES string of the molecule is CC1(C)N/C(=C\C(=O)c2ccccc2)c2cc(OC(F)F)ccc2S1. The summed E-state index contributed by atoms with van der Waals surface area (Å²) in [5.41, 5.74) is 1.83. The maximum atomic E-state index is 12.5. The first kappa shape index (κ1) is 17.5. The predicted molar refractivity (Wildman–Crippen MR) is 94.9 cm³/mol. The van der Waals surface area contributed by atoms with E-state index in [1.165, 1.54) is 18.2 Å². The monoisotopic (exact) mass is 361 g/mol. The minimum atomic E-state index is -2.89. The van der Waals surface area contributed by atoms with Crippen LogP contribution in [0.5, 0.6) is 5.75 Å². The molecule has 0 aliphatic carbocycles. The first-order chi connectivity index (χ1) is 11.8. The summed E-state index contributed by atoms with van der Waals surface area (Å²) in [6.07, 6.45) is 1.50. The third kappa shape index (κ3) is 4.20. The minimum absolute atomic E-state index is 0.0638. The number of carbonyl (C=O) groups excluding carboxylic acids is 1. The van der Waals surface area contributed by atoms with Crippen molar-refractivity contribution in [3.05, 3.63) is 65.7 Å². The Morgan fingerprint density at radius 3 is 2.60 bits per heavy atom. The number of nitrogens with one attached hydrogen (secondary N) is 1. The molecule has 0 fully saturated rings. The average molecular weight is 361 g/mol. The number of alkyl halides is 2. The van der Waals surface area contributed by atoms with E-state index in [-0.39, 0.29) is 16.4 Å². The van der Waals surface area contributed by atoms with Gasteiger partial charge in [0, 0.05) is 27.8 Å². The summed E-state index contributed by atoms with van der Waals surface area (Å²) in [5, 5.41) is 3.29. The summed E-state index contributed by atoms with van der Waals surface area (Å²) in [4.78, 5) is 13.1. The fourth-order valence-electron chi connectivity index (χ4n) is 2.61. The highest BCUT2D eigenvalue weighted by molar-refractivity contribution is 8.00. The number of fused-ring (bicyclic) bond motifs is 1. The molecule has 1 aliphatic heterocycles. The topological polar surface area (TPSA) is 38.3 Å². The smallest absolute Gasteiger partial charge is 0.387 e. The van der Waals surface area contributed by atoms with Crippen LogP contribution in [0.15, 0.2) is 59.5 Å². The Bertz CT molecular complexity index is 819. The molecule has 0 saturated heterocycles. The summed E-state index contributed by atoms with van der Waals surface area (Å²) in [7, 11) is 0. The number of carbonyl (C=O) groups is 1. The molecule has 2 aromatic rings. The van der Waals surface area contributed by atoms with E-state index in [9.17, 15) is 13.6 Å². The first-order valence-electron chi connectivity index (χ1n) is 7.71. The Labute approximate surface area is 149 Å². The lowest BCUT2D eigenvalue weighted by Crippen LogP contribution is -2.37. The number of ether oxygens (including phenoxy) is 1. The van der Waals surface area contributed by atoms with Crippen molar-refractivity contribution >= 4 is 23.2 Å². The maximum Gasteiger partial charge on any atom is 0.387 e. The van der Waals surface area contributed by atoms with E-state index in [4.69, 9.17) is 0 Å². The maximum absolute atomic E-state index is 12.5. The summed E-state index contributed by atoms with van der Waals surface area (Å²) >= 11 is 1.56. The molecule has 1 heterocycles. The Balaban J connectivity index is 2.01. The molecule has 1 aliphatic rings.